The summed E-state index contributed by atoms with van der Waals surface area (Å²) < 4.78 is 13.6. The second-order valence-electron chi connectivity index (χ2n) is 8.14. The molecule has 0 bridgehead atoms. The molecular weight excluding hydrogens is 309 g/mol. The Morgan fingerprint density at radius 2 is 2.08 bits per heavy atom. The number of hydrogen-bond acceptors (Lipinski definition) is 1. The normalized spacial score (nSPS) is 25.5. The molecule has 0 amide bonds. The average molecular weight is 339 g/mol. The van der Waals surface area contributed by atoms with E-state index in [1.165, 1.54) is 12.1 Å². The van der Waals surface area contributed by atoms with Crippen LogP contribution in [0.1, 0.15) is 58.6 Å². The van der Waals surface area contributed by atoms with Gasteiger partial charge in [-0.25, -0.2) is 4.39 Å². The fourth-order valence-corrected chi connectivity index (χ4v) is 3.50. The Morgan fingerprint density at radius 1 is 1.36 bits per heavy atom. The van der Waals surface area contributed by atoms with E-state index in [-0.39, 0.29) is 17.3 Å². The van der Waals surface area contributed by atoms with Gasteiger partial charge in [-0.15, -0.1) is 5.92 Å². The highest BCUT2D eigenvalue weighted by Gasteiger charge is 2.39. The molecule has 2 rings (SSSR count). The fraction of sp³-hybridized carbons (Fsp3) is 0.522. The Balaban J connectivity index is 2.26. The summed E-state index contributed by atoms with van der Waals surface area (Å²) in [6.45, 7) is 15.2. The summed E-state index contributed by atoms with van der Waals surface area (Å²) in [5, 5.41) is 0. The minimum atomic E-state index is -0.252. The molecule has 0 saturated heterocycles. The number of aliphatic imine (C=N–C) groups is 1. The lowest BCUT2D eigenvalue weighted by Gasteiger charge is -2.39. The van der Waals surface area contributed by atoms with E-state index in [2.05, 4.69) is 53.0 Å². The predicted octanol–water partition coefficient (Wildman–Crippen LogP) is 5.99. The van der Waals surface area contributed by atoms with Crippen molar-refractivity contribution in [3.8, 4) is 11.8 Å². The summed E-state index contributed by atoms with van der Waals surface area (Å²) in [5.74, 6) is 8.01. The molecule has 0 saturated carbocycles. The zero-order valence-electron chi connectivity index (χ0n) is 16.1. The Kier molecular flexibility index (Phi) is 6.22. The Labute approximate surface area is 152 Å². The van der Waals surface area contributed by atoms with Crippen LogP contribution in [0, 0.1) is 40.8 Å². The highest BCUT2D eigenvalue weighted by atomic mass is 19.1. The number of hydrogen-bond donors (Lipinski definition) is 0. The van der Waals surface area contributed by atoms with E-state index in [4.69, 9.17) is 4.99 Å². The molecule has 1 aromatic rings. The summed E-state index contributed by atoms with van der Waals surface area (Å²) in [6.07, 6.45) is 5.40. The van der Waals surface area contributed by atoms with Crippen LogP contribution in [-0.4, -0.2) is 12.3 Å². The topological polar surface area (TPSA) is 12.4 Å². The summed E-state index contributed by atoms with van der Waals surface area (Å²) in [5.41, 5.74) is 1.77. The Hall–Kier alpha value is -1.88. The molecule has 1 aliphatic carbocycles. The highest BCUT2D eigenvalue weighted by molar-refractivity contribution is 5.85. The van der Waals surface area contributed by atoms with Gasteiger partial charge in [0.15, 0.2) is 0 Å². The molecular formula is C23H30FN. The maximum absolute atomic E-state index is 13.6. The number of nitrogens with zero attached hydrogens (tertiary/aromatic N) is 1. The molecule has 0 spiro atoms. The molecule has 3 atom stereocenters. The third kappa shape index (κ3) is 4.60. The van der Waals surface area contributed by atoms with Crippen molar-refractivity contribution in [1.29, 1.82) is 0 Å². The second kappa shape index (κ2) is 8.00. The van der Waals surface area contributed by atoms with Gasteiger partial charge >= 0.3 is 0 Å². The van der Waals surface area contributed by atoms with E-state index in [0.29, 0.717) is 17.8 Å². The molecule has 0 N–H and O–H groups in total. The number of rotatable bonds is 5. The van der Waals surface area contributed by atoms with Gasteiger partial charge in [-0.05, 0) is 41.4 Å². The van der Waals surface area contributed by atoms with Gasteiger partial charge in [0.1, 0.15) is 5.82 Å². The molecule has 134 valence electrons. The summed E-state index contributed by atoms with van der Waals surface area (Å²) in [6, 6.07) is 4.83. The zero-order chi connectivity index (χ0) is 18.6. The third-order valence-electron chi connectivity index (χ3n) is 5.62. The molecule has 1 aromatic carbocycles. The largest absolute Gasteiger partial charge is 0.288 e. The first-order chi connectivity index (χ1) is 11.8. The van der Waals surface area contributed by atoms with Crippen LogP contribution in [0.4, 0.5) is 4.39 Å². The third-order valence-corrected chi connectivity index (χ3v) is 5.62. The minimum absolute atomic E-state index is 0.0962. The molecule has 1 aliphatic rings. The summed E-state index contributed by atoms with van der Waals surface area (Å²) in [4.78, 5) is 4.81. The molecule has 0 radical (unpaired) electrons. The first kappa shape index (κ1) is 19.4. The van der Waals surface area contributed by atoms with E-state index in [0.717, 1.165) is 24.0 Å². The van der Waals surface area contributed by atoms with Gasteiger partial charge in [-0.2, -0.15) is 0 Å². The monoisotopic (exact) mass is 339 g/mol. The molecule has 1 nitrogen and oxygen atoms in total. The van der Waals surface area contributed by atoms with Crippen molar-refractivity contribution < 1.29 is 4.39 Å². The maximum atomic E-state index is 13.6. The van der Waals surface area contributed by atoms with Crippen molar-refractivity contribution in [3.63, 3.8) is 0 Å². The lowest BCUT2D eigenvalue weighted by Crippen LogP contribution is -2.36. The van der Waals surface area contributed by atoms with E-state index in [9.17, 15) is 4.39 Å². The van der Waals surface area contributed by atoms with Crippen LogP contribution in [0.2, 0.25) is 0 Å². The van der Waals surface area contributed by atoms with E-state index < -0.39 is 0 Å². The molecule has 25 heavy (non-hydrogen) atoms. The smallest absolute Gasteiger partial charge is 0.123 e. The van der Waals surface area contributed by atoms with Gasteiger partial charge < -0.3 is 0 Å². The van der Waals surface area contributed by atoms with Crippen LogP contribution in [-0.2, 0) is 0 Å². The van der Waals surface area contributed by atoms with Crippen LogP contribution >= 0.6 is 0 Å². The summed E-state index contributed by atoms with van der Waals surface area (Å²) in [7, 11) is 0. The first-order valence-corrected chi connectivity index (χ1v) is 9.19. The van der Waals surface area contributed by atoms with Crippen LogP contribution in [0.3, 0.4) is 0 Å². The molecule has 0 aliphatic heterocycles. The molecule has 2 heteroatoms. The van der Waals surface area contributed by atoms with Crippen LogP contribution in [0.25, 0.3) is 6.08 Å². The van der Waals surface area contributed by atoms with Gasteiger partial charge in [-0.3, -0.25) is 4.99 Å². The molecule has 0 fully saturated rings. The van der Waals surface area contributed by atoms with Crippen molar-refractivity contribution in [2.24, 2.45) is 28.2 Å². The highest BCUT2D eigenvalue weighted by Crippen LogP contribution is 2.42. The van der Waals surface area contributed by atoms with Gasteiger partial charge in [0.25, 0.3) is 0 Å². The van der Waals surface area contributed by atoms with Crippen molar-refractivity contribution in [2.45, 2.75) is 53.5 Å². The number of halogens is 1. The van der Waals surface area contributed by atoms with E-state index in [1.807, 2.05) is 0 Å². The van der Waals surface area contributed by atoms with Crippen molar-refractivity contribution in [3.05, 3.63) is 41.7 Å². The number of benzene rings is 1. The predicted molar refractivity (Wildman–Crippen MR) is 106 cm³/mol. The zero-order valence-corrected chi connectivity index (χ0v) is 16.1. The van der Waals surface area contributed by atoms with Crippen molar-refractivity contribution >= 4 is 12.3 Å². The standard InChI is InChI=1S/C23H30FN/c1-7-18-11-12-21(24)14-19(18)15-25-22-10-8-9-20(13-16(2)3)23(5,6)17(22)4/h7,11-12,14-17,20,22H,1,10,13H2,2-6H3. The van der Waals surface area contributed by atoms with Crippen molar-refractivity contribution in [2.75, 3.05) is 0 Å². The van der Waals surface area contributed by atoms with Gasteiger partial charge in [0, 0.05) is 24.1 Å². The molecule has 3 unspecified atom stereocenters. The lowest BCUT2D eigenvalue weighted by molar-refractivity contribution is 0.130. The van der Waals surface area contributed by atoms with Crippen LogP contribution in [0.5, 0.6) is 0 Å². The van der Waals surface area contributed by atoms with E-state index in [1.54, 1.807) is 18.4 Å². The minimum Gasteiger partial charge on any atom is -0.288 e. The second-order valence-corrected chi connectivity index (χ2v) is 8.14. The fourth-order valence-electron chi connectivity index (χ4n) is 3.50. The Bertz CT molecular complexity index is 703. The SMILES string of the molecule is C=Cc1ccc(F)cc1C=NC1CC#CC(CC(C)C)C(C)(C)C1C. The first-order valence-electron chi connectivity index (χ1n) is 9.19. The lowest BCUT2D eigenvalue weighted by atomic mass is 9.66. The quantitative estimate of drug-likeness (QED) is 0.462. The maximum Gasteiger partial charge on any atom is 0.123 e. The van der Waals surface area contributed by atoms with Crippen LogP contribution < -0.4 is 0 Å². The van der Waals surface area contributed by atoms with E-state index >= 15 is 0 Å². The van der Waals surface area contributed by atoms with Crippen molar-refractivity contribution in [1.82, 2.24) is 0 Å². The van der Waals surface area contributed by atoms with Gasteiger partial charge in [0.05, 0.1) is 6.04 Å². The summed E-state index contributed by atoms with van der Waals surface area (Å²) >= 11 is 0. The Morgan fingerprint density at radius 3 is 2.72 bits per heavy atom. The van der Waals surface area contributed by atoms with Gasteiger partial charge in [-0.1, -0.05) is 59.3 Å². The van der Waals surface area contributed by atoms with Gasteiger partial charge in [0.2, 0.25) is 0 Å². The molecule has 0 heterocycles. The van der Waals surface area contributed by atoms with Crippen LogP contribution in [0.15, 0.2) is 29.8 Å². The average Bonchev–Trinajstić information content (AvgIpc) is 2.64. The molecule has 0 aromatic heterocycles.